The van der Waals surface area contributed by atoms with E-state index in [9.17, 15) is 4.79 Å². The molecule has 0 saturated carbocycles. The number of benzene rings is 1. The summed E-state index contributed by atoms with van der Waals surface area (Å²) in [5.74, 6) is 1.42. The quantitative estimate of drug-likeness (QED) is 0.814. The molecular formula is C13H17NO4. The Balaban J connectivity index is 1.85. The molecule has 0 radical (unpaired) electrons. The molecule has 2 rings (SSSR count). The fourth-order valence-corrected chi connectivity index (χ4v) is 1.75. The predicted octanol–water partition coefficient (Wildman–Crippen LogP) is 0.845. The zero-order valence-corrected chi connectivity index (χ0v) is 10.3. The summed E-state index contributed by atoms with van der Waals surface area (Å²) in [5.41, 5.74) is 1.03. The maximum atomic E-state index is 11.5. The Labute approximate surface area is 106 Å². The average molecular weight is 251 g/mol. The van der Waals surface area contributed by atoms with Crippen LogP contribution in [0.15, 0.2) is 18.2 Å². The van der Waals surface area contributed by atoms with Gasteiger partial charge in [0, 0.05) is 12.5 Å². The molecular weight excluding hydrogens is 234 g/mol. The number of hydrogen-bond acceptors (Lipinski definition) is 4. The van der Waals surface area contributed by atoms with Crippen molar-refractivity contribution in [3.8, 4) is 11.5 Å². The van der Waals surface area contributed by atoms with Crippen molar-refractivity contribution in [2.45, 2.75) is 25.8 Å². The predicted molar refractivity (Wildman–Crippen MR) is 65.6 cm³/mol. The Hall–Kier alpha value is -1.75. The van der Waals surface area contributed by atoms with E-state index in [2.05, 4.69) is 5.32 Å². The van der Waals surface area contributed by atoms with Crippen molar-refractivity contribution >= 4 is 5.91 Å². The lowest BCUT2D eigenvalue weighted by Crippen LogP contribution is -2.35. The molecule has 1 amide bonds. The van der Waals surface area contributed by atoms with Crippen molar-refractivity contribution in [3.63, 3.8) is 0 Å². The lowest BCUT2D eigenvalue weighted by Gasteiger charge is -2.10. The topological polar surface area (TPSA) is 67.8 Å². The van der Waals surface area contributed by atoms with Gasteiger partial charge in [0.2, 0.25) is 12.7 Å². The van der Waals surface area contributed by atoms with E-state index in [1.165, 1.54) is 0 Å². The van der Waals surface area contributed by atoms with Crippen LogP contribution in [-0.2, 0) is 11.2 Å². The molecule has 1 aromatic rings. The normalized spacial score (nSPS) is 14.3. The molecule has 1 unspecified atom stereocenters. The van der Waals surface area contributed by atoms with Crippen molar-refractivity contribution in [2.24, 2.45) is 0 Å². The molecule has 5 nitrogen and oxygen atoms in total. The fraction of sp³-hybridized carbons (Fsp3) is 0.462. The van der Waals surface area contributed by atoms with E-state index in [0.29, 0.717) is 12.8 Å². The highest BCUT2D eigenvalue weighted by Gasteiger charge is 2.13. The first-order valence-corrected chi connectivity index (χ1v) is 5.98. The Morgan fingerprint density at radius 2 is 2.22 bits per heavy atom. The van der Waals surface area contributed by atoms with Gasteiger partial charge >= 0.3 is 0 Å². The molecule has 0 bridgehead atoms. The summed E-state index contributed by atoms with van der Waals surface area (Å²) in [4.78, 5) is 11.5. The minimum atomic E-state index is -0.200. The smallest absolute Gasteiger partial charge is 0.231 e. The molecule has 1 atom stereocenters. The zero-order valence-electron chi connectivity index (χ0n) is 10.3. The summed E-state index contributed by atoms with van der Waals surface area (Å²) in [6.45, 7) is 1.97. The summed E-state index contributed by atoms with van der Waals surface area (Å²) < 4.78 is 10.5. The lowest BCUT2D eigenvalue weighted by molar-refractivity contribution is -0.121. The highest BCUT2D eigenvalue weighted by molar-refractivity contribution is 5.76. The molecule has 1 aliphatic heterocycles. The highest BCUT2D eigenvalue weighted by Crippen LogP contribution is 2.32. The van der Waals surface area contributed by atoms with E-state index in [4.69, 9.17) is 14.6 Å². The standard InChI is InChI=1S/C13H17NO4/c1-9(7-15)14-13(16)5-3-10-2-4-11-12(6-10)18-8-17-11/h2,4,6,9,15H,3,5,7-8H2,1H3,(H,14,16). The minimum Gasteiger partial charge on any atom is -0.454 e. The van der Waals surface area contributed by atoms with E-state index in [1.807, 2.05) is 18.2 Å². The van der Waals surface area contributed by atoms with Crippen LogP contribution in [0.2, 0.25) is 0 Å². The van der Waals surface area contributed by atoms with Gasteiger partial charge < -0.3 is 19.9 Å². The highest BCUT2D eigenvalue weighted by atomic mass is 16.7. The van der Waals surface area contributed by atoms with Gasteiger partial charge in [-0.25, -0.2) is 0 Å². The second-order valence-electron chi connectivity index (χ2n) is 4.34. The number of fused-ring (bicyclic) bond motifs is 1. The van der Waals surface area contributed by atoms with Crippen molar-refractivity contribution in [1.82, 2.24) is 5.32 Å². The molecule has 2 N–H and O–H groups in total. The number of hydrogen-bond donors (Lipinski definition) is 2. The summed E-state index contributed by atoms with van der Waals surface area (Å²) in [6, 6.07) is 5.47. The number of aliphatic hydroxyl groups excluding tert-OH is 1. The number of aliphatic hydroxyl groups is 1. The van der Waals surface area contributed by atoms with Crippen LogP contribution in [-0.4, -0.2) is 30.5 Å². The van der Waals surface area contributed by atoms with Crippen LogP contribution >= 0.6 is 0 Å². The van der Waals surface area contributed by atoms with Crippen molar-refractivity contribution in [2.75, 3.05) is 13.4 Å². The van der Waals surface area contributed by atoms with Gasteiger partial charge in [0.15, 0.2) is 11.5 Å². The number of carbonyl (C=O) groups is 1. The van der Waals surface area contributed by atoms with Crippen LogP contribution < -0.4 is 14.8 Å². The number of nitrogens with one attached hydrogen (secondary N) is 1. The zero-order chi connectivity index (χ0) is 13.0. The van der Waals surface area contributed by atoms with Crippen molar-refractivity contribution < 1.29 is 19.4 Å². The molecule has 0 spiro atoms. The molecule has 0 fully saturated rings. The third kappa shape index (κ3) is 3.13. The summed E-state index contributed by atoms with van der Waals surface area (Å²) in [7, 11) is 0. The van der Waals surface area contributed by atoms with Crippen LogP contribution in [0.4, 0.5) is 0 Å². The van der Waals surface area contributed by atoms with Gasteiger partial charge in [-0.2, -0.15) is 0 Å². The van der Waals surface area contributed by atoms with Crippen LogP contribution in [0.1, 0.15) is 18.9 Å². The monoisotopic (exact) mass is 251 g/mol. The van der Waals surface area contributed by atoms with E-state index in [1.54, 1.807) is 6.92 Å². The molecule has 5 heteroatoms. The number of carbonyl (C=O) groups excluding carboxylic acids is 1. The molecule has 0 aromatic heterocycles. The van der Waals surface area contributed by atoms with Gasteiger partial charge in [-0.3, -0.25) is 4.79 Å². The third-order valence-electron chi connectivity index (χ3n) is 2.76. The molecule has 18 heavy (non-hydrogen) atoms. The van der Waals surface area contributed by atoms with Gasteiger partial charge in [0.1, 0.15) is 0 Å². The first kappa shape index (κ1) is 12.7. The van der Waals surface area contributed by atoms with Crippen LogP contribution in [0, 0.1) is 0 Å². The maximum Gasteiger partial charge on any atom is 0.231 e. The van der Waals surface area contributed by atoms with Gasteiger partial charge in [-0.1, -0.05) is 6.07 Å². The average Bonchev–Trinajstić information content (AvgIpc) is 2.83. The van der Waals surface area contributed by atoms with Gasteiger partial charge in [-0.15, -0.1) is 0 Å². The Kier molecular flexibility index (Phi) is 4.04. The SMILES string of the molecule is CC(CO)NC(=O)CCc1ccc2c(c1)OCO2. The van der Waals surface area contributed by atoms with Crippen LogP contribution in [0.3, 0.4) is 0 Å². The van der Waals surface area contributed by atoms with Crippen LogP contribution in [0.25, 0.3) is 0 Å². The molecule has 1 heterocycles. The van der Waals surface area contributed by atoms with Crippen molar-refractivity contribution in [1.29, 1.82) is 0 Å². The fourth-order valence-electron chi connectivity index (χ4n) is 1.75. The minimum absolute atomic E-state index is 0.0459. The van der Waals surface area contributed by atoms with Gasteiger partial charge in [0.25, 0.3) is 0 Å². The van der Waals surface area contributed by atoms with E-state index < -0.39 is 0 Å². The van der Waals surface area contributed by atoms with E-state index >= 15 is 0 Å². The molecule has 1 aromatic carbocycles. The van der Waals surface area contributed by atoms with Crippen molar-refractivity contribution in [3.05, 3.63) is 23.8 Å². The maximum absolute atomic E-state index is 11.5. The second kappa shape index (κ2) is 5.73. The summed E-state index contributed by atoms with van der Waals surface area (Å²) in [5, 5.41) is 11.5. The first-order chi connectivity index (χ1) is 8.69. The molecule has 1 aliphatic rings. The largest absolute Gasteiger partial charge is 0.454 e. The Bertz CT molecular complexity index is 433. The third-order valence-corrected chi connectivity index (χ3v) is 2.76. The summed E-state index contributed by atoms with van der Waals surface area (Å²) >= 11 is 0. The molecule has 0 saturated heterocycles. The Morgan fingerprint density at radius 1 is 1.44 bits per heavy atom. The number of rotatable bonds is 5. The Morgan fingerprint density at radius 3 is 3.00 bits per heavy atom. The van der Waals surface area contributed by atoms with Gasteiger partial charge in [0.05, 0.1) is 6.61 Å². The molecule has 98 valence electrons. The number of ether oxygens (including phenoxy) is 2. The van der Waals surface area contributed by atoms with E-state index in [0.717, 1.165) is 17.1 Å². The summed E-state index contributed by atoms with van der Waals surface area (Å²) in [6.07, 6.45) is 1.03. The van der Waals surface area contributed by atoms with E-state index in [-0.39, 0.29) is 25.3 Å². The molecule has 0 aliphatic carbocycles. The van der Waals surface area contributed by atoms with Crippen LogP contribution in [0.5, 0.6) is 11.5 Å². The first-order valence-electron chi connectivity index (χ1n) is 5.98. The second-order valence-corrected chi connectivity index (χ2v) is 4.34. The lowest BCUT2D eigenvalue weighted by atomic mass is 10.1. The van der Waals surface area contributed by atoms with Gasteiger partial charge in [-0.05, 0) is 31.0 Å². The number of aryl methyl sites for hydroxylation is 1. The number of amides is 1.